The molecule has 17 heavy (non-hydrogen) atoms. The quantitative estimate of drug-likeness (QED) is 0.771. The molecule has 8 heteroatoms. The van der Waals surface area contributed by atoms with Crippen molar-refractivity contribution in [3.8, 4) is 0 Å². The molecule has 0 aromatic heterocycles. The molecule has 0 radical (unpaired) electrons. The first kappa shape index (κ1) is 14.1. The van der Waals surface area contributed by atoms with Crippen LogP contribution >= 0.6 is 11.6 Å². The Morgan fingerprint density at radius 1 is 1.06 bits per heavy atom. The van der Waals surface area contributed by atoms with Crippen LogP contribution in [0.1, 0.15) is 17.2 Å². The summed E-state index contributed by atoms with van der Waals surface area (Å²) in [5.41, 5.74) is -2.32. The topological polar surface area (TPSA) is 20.2 Å². The van der Waals surface area contributed by atoms with Gasteiger partial charge in [-0.25, -0.2) is 0 Å². The summed E-state index contributed by atoms with van der Waals surface area (Å²) in [7, 11) is 0. The maximum absolute atomic E-state index is 12.3. The van der Waals surface area contributed by atoms with E-state index in [9.17, 15) is 26.3 Å². The maximum Gasteiger partial charge on any atom is 0.418 e. The van der Waals surface area contributed by atoms with E-state index >= 15 is 0 Å². The molecule has 1 unspecified atom stereocenters. The number of rotatable bonds is 1. The zero-order chi connectivity index (χ0) is 13.4. The van der Waals surface area contributed by atoms with Crippen LogP contribution in [0.2, 0.25) is 5.02 Å². The smallest absolute Gasteiger partial charge is 0.379 e. The van der Waals surface area contributed by atoms with Crippen LogP contribution in [-0.4, -0.2) is 11.3 Å². The molecule has 1 nitrogen and oxygen atoms in total. The molecule has 0 saturated carbocycles. The van der Waals surface area contributed by atoms with Crippen molar-refractivity contribution in [3.63, 3.8) is 0 Å². The van der Waals surface area contributed by atoms with Crippen molar-refractivity contribution in [2.75, 3.05) is 0 Å². The zero-order valence-corrected chi connectivity index (χ0v) is 8.66. The van der Waals surface area contributed by atoms with Gasteiger partial charge in [-0.05, 0) is 17.7 Å². The Bertz CT molecular complexity index is 411. The largest absolute Gasteiger partial charge is 0.418 e. The van der Waals surface area contributed by atoms with Gasteiger partial charge in [-0.3, -0.25) is 0 Å². The summed E-state index contributed by atoms with van der Waals surface area (Å²) >= 11 is 5.22. The second-order valence-corrected chi connectivity index (χ2v) is 3.59. The molecule has 96 valence electrons. The summed E-state index contributed by atoms with van der Waals surface area (Å²) in [5.74, 6) is 0. The van der Waals surface area contributed by atoms with Gasteiger partial charge in [-0.2, -0.15) is 26.3 Å². The second-order valence-electron chi connectivity index (χ2n) is 3.18. The van der Waals surface area contributed by atoms with Gasteiger partial charge >= 0.3 is 12.4 Å². The van der Waals surface area contributed by atoms with Gasteiger partial charge in [0.05, 0.1) is 10.6 Å². The number of alkyl halides is 6. The maximum atomic E-state index is 12.3. The summed E-state index contributed by atoms with van der Waals surface area (Å²) in [5, 5.41) is 8.08. The predicted octanol–water partition coefficient (Wildman–Crippen LogP) is 3.95. The monoisotopic (exact) mass is 278 g/mol. The van der Waals surface area contributed by atoms with Crippen LogP contribution in [0.25, 0.3) is 0 Å². The summed E-state index contributed by atoms with van der Waals surface area (Å²) in [6.07, 6.45) is -12.9. The van der Waals surface area contributed by atoms with Crippen molar-refractivity contribution in [1.29, 1.82) is 0 Å². The molecule has 0 bridgehead atoms. The van der Waals surface area contributed by atoms with Crippen LogP contribution in [0.15, 0.2) is 18.2 Å². The van der Waals surface area contributed by atoms with Crippen molar-refractivity contribution >= 4 is 11.6 Å². The molecule has 0 spiro atoms. The van der Waals surface area contributed by atoms with E-state index in [0.29, 0.717) is 12.1 Å². The fraction of sp³-hybridized carbons (Fsp3) is 0.333. The minimum atomic E-state index is -5.03. The lowest BCUT2D eigenvalue weighted by molar-refractivity contribution is -0.207. The van der Waals surface area contributed by atoms with E-state index in [2.05, 4.69) is 0 Å². The molecular formula is C9H5ClF6O. The molecule has 1 aromatic carbocycles. The van der Waals surface area contributed by atoms with Gasteiger partial charge in [0.2, 0.25) is 0 Å². The lowest BCUT2D eigenvalue weighted by atomic mass is 10.1. The second kappa shape index (κ2) is 4.38. The Kier molecular flexibility index (Phi) is 3.63. The number of hydrogen-bond acceptors (Lipinski definition) is 1. The third-order valence-electron chi connectivity index (χ3n) is 1.92. The van der Waals surface area contributed by atoms with Gasteiger partial charge < -0.3 is 5.11 Å². The predicted molar refractivity (Wildman–Crippen MR) is 47.5 cm³/mol. The summed E-state index contributed by atoms with van der Waals surface area (Å²) in [6, 6.07) is 1.53. The zero-order valence-electron chi connectivity index (χ0n) is 7.90. The van der Waals surface area contributed by atoms with Gasteiger partial charge in [0, 0.05) is 0 Å². The number of aliphatic hydroxyl groups excluding tert-OH is 1. The van der Waals surface area contributed by atoms with E-state index in [1.54, 1.807) is 0 Å². The van der Waals surface area contributed by atoms with E-state index in [0.717, 1.165) is 0 Å². The first-order valence-electron chi connectivity index (χ1n) is 4.15. The van der Waals surface area contributed by atoms with Gasteiger partial charge in [-0.15, -0.1) is 0 Å². The number of halogens is 7. The SMILES string of the molecule is OC(c1ccc(Cl)c(C(F)(F)F)c1)C(F)(F)F. The summed E-state index contributed by atoms with van der Waals surface area (Å²) in [4.78, 5) is 0. The van der Waals surface area contributed by atoms with Crippen molar-refractivity contribution in [2.24, 2.45) is 0 Å². The van der Waals surface area contributed by atoms with Gasteiger partial charge in [0.1, 0.15) is 0 Å². The Labute approximate surface area is 96.6 Å². The van der Waals surface area contributed by atoms with Gasteiger partial charge in [-0.1, -0.05) is 17.7 Å². The highest BCUT2D eigenvalue weighted by Gasteiger charge is 2.41. The molecule has 0 aliphatic rings. The van der Waals surface area contributed by atoms with E-state index < -0.39 is 34.6 Å². The van der Waals surface area contributed by atoms with Crippen LogP contribution in [0.5, 0.6) is 0 Å². The highest BCUT2D eigenvalue weighted by atomic mass is 35.5. The minimum absolute atomic E-state index is 0.181. The van der Waals surface area contributed by atoms with Crippen LogP contribution in [-0.2, 0) is 6.18 Å². The van der Waals surface area contributed by atoms with E-state index in [4.69, 9.17) is 16.7 Å². The molecule has 1 rings (SSSR count). The lowest BCUT2D eigenvalue weighted by Gasteiger charge is -2.17. The number of aliphatic hydroxyl groups is 1. The van der Waals surface area contributed by atoms with Crippen LogP contribution < -0.4 is 0 Å². The third-order valence-corrected chi connectivity index (χ3v) is 2.25. The molecule has 0 aliphatic heterocycles. The molecule has 0 fully saturated rings. The summed E-state index contributed by atoms with van der Waals surface area (Å²) in [6.45, 7) is 0. The fourth-order valence-corrected chi connectivity index (χ4v) is 1.34. The summed E-state index contributed by atoms with van der Waals surface area (Å²) < 4.78 is 73.3. The molecule has 0 amide bonds. The molecule has 1 atom stereocenters. The van der Waals surface area contributed by atoms with Gasteiger partial charge in [0.25, 0.3) is 0 Å². The van der Waals surface area contributed by atoms with Crippen LogP contribution in [0.4, 0.5) is 26.3 Å². The van der Waals surface area contributed by atoms with E-state index in [-0.39, 0.29) is 6.07 Å². The Morgan fingerprint density at radius 2 is 1.59 bits per heavy atom. The van der Waals surface area contributed by atoms with Crippen molar-refractivity contribution < 1.29 is 31.4 Å². The van der Waals surface area contributed by atoms with E-state index in [1.807, 2.05) is 0 Å². The van der Waals surface area contributed by atoms with Crippen molar-refractivity contribution in [3.05, 3.63) is 34.3 Å². The number of hydrogen-bond donors (Lipinski definition) is 1. The molecule has 1 N–H and O–H groups in total. The molecule has 0 heterocycles. The van der Waals surface area contributed by atoms with Crippen molar-refractivity contribution in [1.82, 2.24) is 0 Å². The first-order valence-corrected chi connectivity index (χ1v) is 4.52. The highest BCUT2D eigenvalue weighted by molar-refractivity contribution is 6.31. The number of benzene rings is 1. The molecule has 0 saturated heterocycles. The minimum Gasteiger partial charge on any atom is -0.379 e. The Hall–Kier alpha value is -0.950. The first-order chi connectivity index (χ1) is 7.53. The molecule has 0 aliphatic carbocycles. The Morgan fingerprint density at radius 3 is 2.00 bits per heavy atom. The van der Waals surface area contributed by atoms with Crippen molar-refractivity contribution in [2.45, 2.75) is 18.5 Å². The average Bonchev–Trinajstić information content (AvgIpc) is 2.14. The van der Waals surface area contributed by atoms with Crippen LogP contribution in [0, 0.1) is 0 Å². The molecular weight excluding hydrogens is 274 g/mol. The average molecular weight is 279 g/mol. The fourth-order valence-electron chi connectivity index (χ4n) is 1.12. The third kappa shape index (κ3) is 3.26. The highest BCUT2D eigenvalue weighted by Crippen LogP contribution is 2.39. The van der Waals surface area contributed by atoms with Crippen LogP contribution in [0.3, 0.4) is 0 Å². The lowest BCUT2D eigenvalue weighted by Crippen LogP contribution is -2.20. The normalized spacial score (nSPS) is 14.8. The standard InChI is InChI=1S/C9H5ClF6O/c10-6-2-1-4(7(17)9(14,15)16)3-5(6)8(11,12)13/h1-3,7,17H. The molecule has 1 aromatic rings. The van der Waals surface area contributed by atoms with E-state index in [1.165, 1.54) is 0 Å². The Balaban J connectivity index is 3.23. The van der Waals surface area contributed by atoms with Gasteiger partial charge in [0.15, 0.2) is 6.10 Å².